The number of piperidine rings is 1. The SMILES string of the molecule is CCC(C)NC(=O)C1CCN(C(=O)CCOCCOCCC(=O)N[C@H](C(=O)N[C@@H](CCCNC(N)=O)C(=O)Nc2ccc(CNC(=O)[C@H](Cc3ccccc3)NC(=O)[C@H](C)[C@@H](OC)[C@@H]3CCCN3C(=O)C[C@@H](OC)[C@H]([C@@H](C)CC)N(C)C(=O)[C@@H](NC(=O)[C@H](C(C)C)N(C)C)C(C)C)cc2)C(C)C)C(C)C1. The number of nitrogens with zero attached hydrogens (tertiary/aromatic N) is 4. The molecule has 2 aromatic rings. The smallest absolute Gasteiger partial charge is 0.312 e. The van der Waals surface area contributed by atoms with E-state index in [1.54, 1.807) is 66.8 Å². The van der Waals surface area contributed by atoms with Gasteiger partial charge < -0.3 is 81.9 Å². The van der Waals surface area contributed by atoms with Crippen LogP contribution in [0.1, 0.15) is 165 Å². The number of likely N-dealkylation sites (N-methyl/N-ethyl adjacent to an activating group) is 2. The van der Waals surface area contributed by atoms with Crippen LogP contribution in [-0.4, -0.2) is 233 Å². The van der Waals surface area contributed by atoms with E-state index in [0.717, 1.165) is 12.0 Å². The lowest BCUT2D eigenvalue weighted by Gasteiger charge is -2.41. The molecule has 4 rings (SSSR count). The van der Waals surface area contributed by atoms with E-state index in [9.17, 15) is 52.7 Å². The van der Waals surface area contributed by atoms with Gasteiger partial charge >= 0.3 is 6.03 Å². The van der Waals surface area contributed by atoms with Crippen LogP contribution in [0.3, 0.4) is 0 Å². The molecule has 2 aromatic carbocycles. The predicted octanol–water partition coefficient (Wildman–Crippen LogP) is 5.05. The van der Waals surface area contributed by atoms with E-state index < -0.39 is 102 Å². The Morgan fingerprint density at radius 1 is 0.619 bits per heavy atom. The molecule has 12 amide bonds. The van der Waals surface area contributed by atoms with E-state index in [4.69, 9.17) is 24.7 Å². The third-order valence-corrected chi connectivity index (χ3v) is 20.3. The molecule has 2 aliphatic rings. The third kappa shape index (κ3) is 28.8. The van der Waals surface area contributed by atoms with Crippen molar-refractivity contribution < 1.29 is 71.7 Å². The molecule has 2 heterocycles. The average molecular weight is 1470 g/mol. The van der Waals surface area contributed by atoms with Gasteiger partial charge in [-0.2, -0.15) is 0 Å². The maximum Gasteiger partial charge on any atom is 0.312 e. The number of amides is 12. The number of urea groups is 1. The normalized spacial score (nSPS) is 18.5. The Balaban J connectivity index is 1.35. The number of nitrogens with one attached hydrogen (secondary N) is 8. The highest BCUT2D eigenvalue weighted by Crippen LogP contribution is 2.31. The van der Waals surface area contributed by atoms with Crippen molar-refractivity contribution in [3.63, 3.8) is 0 Å². The van der Waals surface area contributed by atoms with E-state index in [1.165, 1.54) is 14.2 Å². The van der Waals surface area contributed by atoms with Crippen molar-refractivity contribution in [1.82, 2.24) is 56.8 Å². The molecule has 2 fully saturated rings. The van der Waals surface area contributed by atoms with Crippen LogP contribution in [0.15, 0.2) is 54.6 Å². The minimum Gasteiger partial charge on any atom is -0.379 e. The van der Waals surface area contributed by atoms with Crippen LogP contribution >= 0.6 is 0 Å². The monoisotopic (exact) mass is 1470 g/mol. The van der Waals surface area contributed by atoms with Crippen molar-refractivity contribution in [1.29, 1.82) is 0 Å². The van der Waals surface area contributed by atoms with Gasteiger partial charge in [-0.25, -0.2) is 4.79 Å². The molecule has 590 valence electrons. The summed E-state index contributed by atoms with van der Waals surface area (Å²) in [6, 6.07) is 9.70. The molecule has 2 saturated heterocycles. The number of hydrogen-bond acceptors (Lipinski definition) is 16. The van der Waals surface area contributed by atoms with Crippen LogP contribution < -0.4 is 48.3 Å². The van der Waals surface area contributed by atoms with E-state index >= 15 is 0 Å². The van der Waals surface area contributed by atoms with Gasteiger partial charge in [-0.3, -0.25) is 52.8 Å². The van der Waals surface area contributed by atoms with Crippen LogP contribution in [0.2, 0.25) is 0 Å². The van der Waals surface area contributed by atoms with Crippen LogP contribution in [0.4, 0.5) is 10.5 Å². The number of benzene rings is 2. The Hall–Kier alpha value is -7.79. The van der Waals surface area contributed by atoms with Crippen LogP contribution in [0.5, 0.6) is 0 Å². The Morgan fingerprint density at radius 3 is 1.83 bits per heavy atom. The Bertz CT molecular complexity index is 3080. The second-order valence-electron chi connectivity index (χ2n) is 29.6. The summed E-state index contributed by atoms with van der Waals surface area (Å²) >= 11 is 0. The van der Waals surface area contributed by atoms with Gasteiger partial charge in [0.1, 0.15) is 24.2 Å². The molecular formula is C77H127N13O15. The number of nitrogens with two attached hydrogens (primary N) is 1. The lowest BCUT2D eigenvalue weighted by molar-refractivity contribution is -0.148. The predicted molar refractivity (Wildman–Crippen MR) is 402 cm³/mol. The van der Waals surface area contributed by atoms with E-state index in [-0.39, 0.29) is 143 Å². The molecule has 28 nitrogen and oxygen atoms in total. The Labute approximate surface area is 623 Å². The van der Waals surface area contributed by atoms with Gasteiger partial charge in [0.15, 0.2) is 0 Å². The van der Waals surface area contributed by atoms with Crippen molar-refractivity contribution in [2.75, 3.05) is 86.7 Å². The number of anilines is 1. The molecule has 0 radical (unpaired) electrons. The van der Waals surface area contributed by atoms with Crippen molar-refractivity contribution in [2.24, 2.45) is 41.2 Å². The molecule has 105 heavy (non-hydrogen) atoms. The Morgan fingerprint density at radius 2 is 1.26 bits per heavy atom. The van der Waals surface area contributed by atoms with Crippen molar-refractivity contribution in [3.05, 3.63) is 65.7 Å². The molecule has 0 spiro atoms. The summed E-state index contributed by atoms with van der Waals surface area (Å²) in [5.41, 5.74) is 7.11. The van der Waals surface area contributed by atoms with Crippen molar-refractivity contribution in [2.45, 2.75) is 233 Å². The fourth-order valence-electron chi connectivity index (χ4n) is 13.9. The lowest BCUT2D eigenvalue weighted by Crippen LogP contribution is -2.59. The van der Waals surface area contributed by atoms with Gasteiger partial charge in [0.05, 0.1) is 75.5 Å². The topological polar surface area (TPSA) is 360 Å². The van der Waals surface area contributed by atoms with Gasteiger partial charge in [-0.15, -0.1) is 0 Å². The standard InChI is InChI=1S/C77H127N13O15/c1-18-50(9)68(88(15)76(100)66(48(5)6)86-75(99)67(49(7)8)87(13)14)61(102-16)45-64(93)90-37-24-28-60(90)69(103-17)53(12)70(94)84-59(44-54-25-21-20-22-26-54)72(96)80-46-55-29-31-57(32-30-55)82-73(97)58(27-23-36-79-77(78)101)83-74(98)65(47(3)4)85-62(91)34-39-104-41-42-105-40-35-63(92)89-38-33-56(43-52(89)11)71(95)81-51(10)19-2/h20-22,25-26,29-32,47-53,56,58-61,65-69H,18-19,23-24,27-28,33-46H2,1-17H3,(H,80,96)(H,81,95)(H,82,97)(H,83,98)(H,84,94)(H,85,91)(H,86,99)(H3,78,79,101)/t50-,51?,52?,53+,56?,58-,59-,60-,61+,65-,66-,67-,68-,69+/m0/s1. The number of rotatable bonds is 45. The first kappa shape index (κ1) is 89.6. The molecular weight excluding hydrogens is 1350 g/mol. The van der Waals surface area contributed by atoms with Crippen LogP contribution in [0, 0.1) is 35.5 Å². The molecule has 0 bridgehead atoms. The largest absolute Gasteiger partial charge is 0.379 e. The first-order valence-corrected chi connectivity index (χ1v) is 37.8. The number of carbonyl (C=O) groups excluding carboxylic acids is 11. The van der Waals surface area contributed by atoms with E-state index in [0.29, 0.717) is 56.4 Å². The maximum absolute atomic E-state index is 14.7. The quantitative estimate of drug-likeness (QED) is 0.0392. The fourth-order valence-corrected chi connectivity index (χ4v) is 13.9. The van der Waals surface area contributed by atoms with Gasteiger partial charge in [-0.05, 0) is 120 Å². The Kier molecular flexibility index (Phi) is 39.0. The molecule has 0 saturated carbocycles. The summed E-state index contributed by atoms with van der Waals surface area (Å²) in [6.07, 6.45) is 2.98. The first-order chi connectivity index (χ1) is 49.8. The summed E-state index contributed by atoms with van der Waals surface area (Å²) in [5.74, 6) is -5.03. The molecule has 3 unspecified atom stereocenters. The highest BCUT2D eigenvalue weighted by molar-refractivity contribution is 5.98. The molecule has 2 aliphatic heterocycles. The van der Waals surface area contributed by atoms with Gasteiger partial charge in [0.2, 0.25) is 59.1 Å². The highest BCUT2D eigenvalue weighted by Gasteiger charge is 2.44. The summed E-state index contributed by atoms with van der Waals surface area (Å²) in [6.45, 7) is 24.6. The molecule has 0 aromatic heterocycles. The zero-order chi connectivity index (χ0) is 78.2. The molecule has 10 N–H and O–H groups in total. The van der Waals surface area contributed by atoms with Gasteiger partial charge in [-0.1, -0.05) is 118 Å². The molecule has 0 aliphatic carbocycles. The van der Waals surface area contributed by atoms with Gasteiger partial charge in [0, 0.05) is 84.0 Å². The summed E-state index contributed by atoms with van der Waals surface area (Å²) in [5, 5.41) is 22.9. The number of hydrogen-bond donors (Lipinski definition) is 9. The van der Waals surface area contributed by atoms with Crippen LogP contribution in [0.25, 0.3) is 0 Å². The summed E-state index contributed by atoms with van der Waals surface area (Å²) in [7, 11) is 8.40. The van der Waals surface area contributed by atoms with E-state index in [2.05, 4.69) is 42.5 Å². The zero-order valence-electron chi connectivity index (χ0n) is 65.6. The molecule has 28 heteroatoms. The summed E-state index contributed by atoms with van der Waals surface area (Å²) in [4.78, 5) is 157. The number of primary amides is 1. The first-order valence-electron chi connectivity index (χ1n) is 37.8. The zero-order valence-corrected chi connectivity index (χ0v) is 65.6. The highest BCUT2D eigenvalue weighted by atomic mass is 16.5. The van der Waals surface area contributed by atoms with Crippen LogP contribution in [-0.2, 0) is 79.9 Å². The summed E-state index contributed by atoms with van der Waals surface area (Å²) < 4.78 is 23.5. The lowest BCUT2D eigenvalue weighted by atomic mass is 9.89. The second kappa shape index (κ2) is 45.7. The fraction of sp³-hybridized carbons (Fsp3) is 0.701. The number of methoxy groups -OCH3 is 2. The third-order valence-electron chi connectivity index (χ3n) is 20.3. The number of carbonyl (C=O) groups is 11. The number of ether oxygens (including phenoxy) is 4. The average Bonchev–Trinajstić information content (AvgIpc) is 1.79. The van der Waals surface area contributed by atoms with Gasteiger partial charge in [0.25, 0.3) is 0 Å². The van der Waals surface area contributed by atoms with Crippen molar-refractivity contribution in [3.8, 4) is 0 Å². The van der Waals surface area contributed by atoms with E-state index in [1.807, 2.05) is 112 Å². The number of likely N-dealkylation sites (tertiary alicyclic amines) is 2. The molecule has 14 atom stereocenters. The minimum absolute atomic E-state index is 0.00790. The second-order valence-corrected chi connectivity index (χ2v) is 29.6. The minimum atomic E-state index is -1.11. The van der Waals surface area contributed by atoms with Crippen molar-refractivity contribution >= 4 is 70.8 Å². The maximum atomic E-state index is 14.7.